The van der Waals surface area contributed by atoms with Gasteiger partial charge in [0.2, 0.25) is 0 Å². The topological polar surface area (TPSA) is 38.0 Å². The van der Waals surface area contributed by atoms with Crippen molar-refractivity contribution in [1.82, 2.24) is 5.32 Å². The third kappa shape index (κ3) is 4.38. The van der Waals surface area contributed by atoms with Gasteiger partial charge in [-0.25, -0.2) is 0 Å². The van der Waals surface area contributed by atoms with Gasteiger partial charge in [0.25, 0.3) is 0 Å². The fraction of sp³-hybridized carbons (Fsp3) is 1.00. The lowest BCUT2D eigenvalue weighted by Crippen LogP contribution is -2.29. The Morgan fingerprint density at radius 3 is 1.91 bits per heavy atom. The average molecular weight is 158 g/mol. The lowest BCUT2D eigenvalue weighted by molar-refractivity contribution is 0.319. The molecule has 0 unspecified atom stereocenters. The second-order valence-electron chi connectivity index (χ2n) is 3.25. The molecular weight excluding hydrogens is 136 g/mol. The van der Waals surface area contributed by atoms with Crippen LogP contribution in [0.1, 0.15) is 32.6 Å². The lowest BCUT2D eigenvalue weighted by Gasteiger charge is -2.25. The number of nitrogens with two attached hydrogens (primary N) is 1. The summed E-state index contributed by atoms with van der Waals surface area (Å²) >= 11 is 0. The van der Waals surface area contributed by atoms with Crippen LogP contribution in [-0.4, -0.2) is 20.1 Å². The molecule has 0 amide bonds. The van der Waals surface area contributed by atoms with E-state index in [2.05, 4.69) is 25.0 Å². The minimum Gasteiger partial charge on any atom is -0.333 e. The predicted molar refractivity (Wildman–Crippen MR) is 50.6 cm³/mol. The molecule has 1 saturated carbocycles. The van der Waals surface area contributed by atoms with Crippen molar-refractivity contribution in [2.75, 3.05) is 14.1 Å². The van der Waals surface area contributed by atoms with Crippen LogP contribution in [0.3, 0.4) is 0 Å². The quantitative estimate of drug-likeness (QED) is 0.604. The van der Waals surface area contributed by atoms with Gasteiger partial charge in [-0.15, -0.1) is 0 Å². The van der Waals surface area contributed by atoms with Crippen LogP contribution >= 0.6 is 0 Å². The first-order valence-corrected chi connectivity index (χ1v) is 4.58. The van der Waals surface area contributed by atoms with Crippen molar-refractivity contribution in [3.8, 4) is 0 Å². The zero-order valence-corrected chi connectivity index (χ0v) is 8.06. The van der Waals surface area contributed by atoms with Gasteiger partial charge in [0.05, 0.1) is 0 Å². The molecule has 0 aromatic carbocycles. The molecule has 1 aliphatic carbocycles. The van der Waals surface area contributed by atoms with Crippen LogP contribution in [0.25, 0.3) is 0 Å². The van der Waals surface area contributed by atoms with Gasteiger partial charge in [0, 0.05) is 6.04 Å². The number of rotatable bonds is 1. The maximum absolute atomic E-state index is 4.50. The van der Waals surface area contributed by atoms with Gasteiger partial charge in [-0.2, -0.15) is 0 Å². The minimum absolute atomic E-state index is 0.821. The van der Waals surface area contributed by atoms with Gasteiger partial charge >= 0.3 is 0 Å². The van der Waals surface area contributed by atoms with Crippen LogP contribution in [0.2, 0.25) is 0 Å². The average Bonchev–Trinajstić information content (AvgIpc) is 2.10. The molecular formula is C9H22N2. The number of hydrogen-bond donors (Lipinski definition) is 2. The molecule has 0 aromatic heterocycles. The largest absolute Gasteiger partial charge is 0.333 e. The molecule has 1 rings (SSSR count). The van der Waals surface area contributed by atoms with Crippen molar-refractivity contribution in [3.63, 3.8) is 0 Å². The summed E-state index contributed by atoms with van der Waals surface area (Å²) in [5, 5.41) is 3.32. The Morgan fingerprint density at radius 1 is 1.09 bits per heavy atom. The molecule has 0 saturated heterocycles. The molecule has 3 N–H and O–H groups in total. The van der Waals surface area contributed by atoms with Gasteiger partial charge in [-0.3, -0.25) is 0 Å². The zero-order valence-electron chi connectivity index (χ0n) is 8.06. The second-order valence-corrected chi connectivity index (χ2v) is 3.25. The highest BCUT2D eigenvalue weighted by Crippen LogP contribution is 2.22. The van der Waals surface area contributed by atoms with Crippen molar-refractivity contribution >= 4 is 0 Å². The highest BCUT2D eigenvalue weighted by atomic mass is 14.9. The first-order chi connectivity index (χ1) is 5.33. The summed E-state index contributed by atoms with van der Waals surface area (Å²) in [6.45, 7) is 2.35. The van der Waals surface area contributed by atoms with Crippen molar-refractivity contribution in [2.24, 2.45) is 11.7 Å². The SMILES string of the molecule is CN.CNC1CCC(C)CC1. The normalized spacial score (nSPS) is 30.5. The Hall–Kier alpha value is -0.0800. The van der Waals surface area contributed by atoms with Gasteiger partial charge in [0.15, 0.2) is 0 Å². The summed E-state index contributed by atoms with van der Waals surface area (Å²) in [4.78, 5) is 0. The third-order valence-corrected chi connectivity index (χ3v) is 2.42. The van der Waals surface area contributed by atoms with Crippen molar-refractivity contribution in [2.45, 2.75) is 38.6 Å². The van der Waals surface area contributed by atoms with E-state index in [4.69, 9.17) is 0 Å². The maximum Gasteiger partial charge on any atom is 0.00642 e. The smallest absolute Gasteiger partial charge is 0.00642 e. The fourth-order valence-electron chi connectivity index (χ4n) is 1.55. The molecule has 68 valence electrons. The summed E-state index contributed by atoms with van der Waals surface area (Å²) in [5.41, 5.74) is 4.50. The molecule has 2 heteroatoms. The third-order valence-electron chi connectivity index (χ3n) is 2.42. The maximum atomic E-state index is 4.50. The Bertz CT molecular complexity index is 75.6. The Morgan fingerprint density at radius 2 is 1.55 bits per heavy atom. The van der Waals surface area contributed by atoms with Crippen molar-refractivity contribution in [1.29, 1.82) is 0 Å². The van der Waals surface area contributed by atoms with E-state index in [1.165, 1.54) is 32.7 Å². The minimum atomic E-state index is 0.821. The molecule has 0 spiro atoms. The Kier molecular flexibility index (Phi) is 6.57. The van der Waals surface area contributed by atoms with E-state index in [-0.39, 0.29) is 0 Å². The molecule has 0 heterocycles. The highest BCUT2D eigenvalue weighted by molar-refractivity contribution is 4.73. The first kappa shape index (κ1) is 10.9. The van der Waals surface area contributed by atoms with Crippen LogP contribution in [0, 0.1) is 5.92 Å². The Labute approximate surface area is 70.5 Å². The molecule has 1 fully saturated rings. The molecule has 11 heavy (non-hydrogen) atoms. The van der Waals surface area contributed by atoms with Gasteiger partial charge in [-0.05, 0) is 45.7 Å². The van der Waals surface area contributed by atoms with Gasteiger partial charge in [0.1, 0.15) is 0 Å². The molecule has 0 radical (unpaired) electrons. The van der Waals surface area contributed by atoms with E-state index in [0.29, 0.717) is 0 Å². The van der Waals surface area contributed by atoms with Crippen molar-refractivity contribution < 1.29 is 0 Å². The van der Waals surface area contributed by atoms with Gasteiger partial charge < -0.3 is 11.1 Å². The van der Waals surface area contributed by atoms with Crippen molar-refractivity contribution in [3.05, 3.63) is 0 Å². The second kappa shape index (κ2) is 6.62. The van der Waals surface area contributed by atoms with E-state index < -0.39 is 0 Å². The molecule has 0 aromatic rings. The number of hydrogen-bond acceptors (Lipinski definition) is 2. The summed E-state index contributed by atoms with van der Waals surface area (Å²) < 4.78 is 0. The van der Waals surface area contributed by atoms with E-state index in [0.717, 1.165) is 12.0 Å². The molecule has 0 aliphatic heterocycles. The van der Waals surface area contributed by atoms with Crippen LogP contribution in [0.5, 0.6) is 0 Å². The van der Waals surface area contributed by atoms with Crippen LogP contribution in [0.4, 0.5) is 0 Å². The fourth-order valence-corrected chi connectivity index (χ4v) is 1.55. The molecule has 2 nitrogen and oxygen atoms in total. The lowest BCUT2D eigenvalue weighted by atomic mass is 9.87. The predicted octanol–water partition coefficient (Wildman–Crippen LogP) is 1.36. The Balaban J connectivity index is 0.000000461. The van der Waals surface area contributed by atoms with Crippen LogP contribution < -0.4 is 11.1 Å². The van der Waals surface area contributed by atoms with Crippen LogP contribution in [0.15, 0.2) is 0 Å². The summed E-state index contributed by atoms with van der Waals surface area (Å²) in [6.07, 6.45) is 5.62. The summed E-state index contributed by atoms with van der Waals surface area (Å²) in [7, 11) is 3.57. The monoisotopic (exact) mass is 158 g/mol. The standard InChI is InChI=1S/C8H17N.CH5N/c1-7-3-5-8(9-2)6-4-7;1-2/h7-9H,3-6H2,1-2H3;2H2,1H3. The summed E-state index contributed by atoms with van der Waals surface area (Å²) in [6, 6.07) is 0.821. The highest BCUT2D eigenvalue weighted by Gasteiger charge is 2.15. The number of nitrogens with one attached hydrogen (secondary N) is 1. The van der Waals surface area contributed by atoms with E-state index >= 15 is 0 Å². The van der Waals surface area contributed by atoms with E-state index in [1.54, 1.807) is 0 Å². The van der Waals surface area contributed by atoms with Gasteiger partial charge in [-0.1, -0.05) is 6.92 Å². The zero-order chi connectivity index (χ0) is 8.69. The van der Waals surface area contributed by atoms with E-state index in [9.17, 15) is 0 Å². The van der Waals surface area contributed by atoms with E-state index in [1.807, 2.05) is 0 Å². The summed E-state index contributed by atoms with van der Waals surface area (Å²) in [5.74, 6) is 0.981. The molecule has 0 bridgehead atoms. The molecule has 0 atom stereocenters. The first-order valence-electron chi connectivity index (χ1n) is 4.58. The molecule has 1 aliphatic rings. The van der Waals surface area contributed by atoms with Crippen LogP contribution in [-0.2, 0) is 0 Å².